The fourth-order valence-electron chi connectivity index (χ4n) is 1.98. The number of hydrogen-bond acceptors (Lipinski definition) is 1. The largest absolute Gasteiger partial charge is 0.356 e. The van der Waals surface area contributed by atoms with Crippen LogP contribution in [0.4, 0.5) is 8.78 Å². The van der Waals surface area contributed by atoms with Crippen molar-refractivity contribution in [1.82, 2.24) is 10.6 Å². The Bertz CT molecular complexity index is 476. The molecule has 0 aliphatic rings. The molecule has 6 heteroatoms. The van der Waals surface area contributed by atoms with Crippen LogP contribution in [0.25, 0.3) is 0 Å². The van der Waals surface area contributed by atoms with Gasteiger partial charge >= 0.3 is 0 Å². The van der Waals surface area contributed by atoms with Gasteiger partial charge in [-0.15, -0.1) is 0 Å². The zero-order valence-electron chi connectivity index (χ0n) is 12.6. The Labute approximate surface area is 129 Å². The fourth-order valence-corrected chi connectivity index (χ4v) is 2.19. The Hall–Kier alpha value is -1.36. The minimum Gasteiger partial charge on any atom is -0.356 e. The standard InChI is InChI=1S/C15H22ClF2N3/c1-15(2,8-11-5-4-6-12(16)7-11)10-21-14(19-3)20-9-13(17)18/h4-7,13H,8-10H2,1-3H3,(H2,19,20,21). The minimum absolute atomic E-state index is 0.0624. The van der Waals surface area contributed by atoms with Crippen LogP contribution in [0.5, 0.6) is 0 Å². The second kappa shape index (κ2) is 8.17. The Kier molecular flexibility index (Phi) is 6.89. The van der Waals surface area contributed by atoms with Gasteiger partial charge in [-0.1, -0.05) is 37.6 Å². The average molecular weight is 318 g/mol. The lowest BCUT2D eigenvalue weighted by Crippen LogP contribution is -2.44. The lowest BCUT2D eigenvalue weighted by atomic mass is 9.86. The minimum atomic E-state index is -2.40. The number of nitrogens with one attached hydrogen (secondary N) is 2. The summed E-state index contributed by atoms with van der Waals surface area (Å²) in [5, 5.41) is 6.37. The van der Waals surface area contributed by atoms with E-state index in [1.165, 1.54) is 0 Å². The molecule has 1 rings (SSSR count). The lowest BCUT2D eigenvalue weighted by molar-refractivity contribution is 0.152. The van der Waals surface area contributed by atoms with Crippen LogP contribution in [-0.4, -0.2) is 32.5 Å². The molecule has 2 N–H and O–H groups in total. The van der Waals surface area contributed by atoms with Crippen molar-refractivity contribution in [1.29, 1.82) is 0 Å². The van der Waals surface area contributed by atoms with Gasteiger partial charge in [-0.05, 0) is 29.5 Å². The molecule has 0 aromatic heterocycles. The van der Waals surface area contributed by atoms with Crippen LogP contribution < -0.4 is 10.6 Å². The number of halogens is 3. The number of guanidine groups is 1. The van der Waals surface area contributed by atoms with Gasteiger partial charge in [0.1, 0.15) is 0 Å². The number of benzene rings is 1. The molecule has 0 fully saturated rings. The Morgan fingerprint density at radius 3 is 2.62 bits per heavy atom. The molecule has 1 aromatic carbocycles. The predicted octanol–water partition coefficient (Wildman–Crippen LogP) is 3.34. The summed E-state index contributed by atoms with van der Waals surface area (Å²) in [6.07, 6.45) is -1.57. The molecule has 118 valence electrons. The molecule has 0 aliphatic carbocycles. The van der Waals surface area contributed by atoms with Gasteiger partial charge in [-0.3, -0.25) is 4.99 Å². The summed E-state index contributed by atoms with van der Waals surface area (Å²) in [5.74, 6) is 0.384. The van der Waals surface area contributed by atoms with Gasteiger partial charge in [0.05, 0.1) is 6.54 Å². The van der Waals surface area contributed by atoms with E-state index in [4.69, 9.17) is 11.6 Å². The van der Waals surface area contributed by atoms with E-state index in [-0.39, 0.29) is 5.41 Å². The molecule has 0 bridgehead atoms. The van der Waals surface area contributed by atoms with E-state index in [1.807, 2.05) is 24.3 Å². The van der Waals surface area contributed by atoms with Gasteiger partial charge in [-0.25, -0.2) is 8.78 Å². The predicted molar refractivity (Wildman–Crippen MR) is 84.3 cm³/mol. The summed E-state index contributed by atoms with van der Waals surface area (Å²) in [4.78, 5) is 3.92. The second-order valence-corrected chi connectivity index (χ2v) is 6.11. The maximum Gasteiger partial charge on any atom is 0.255 e. The molecule has 0 aliphatic heterocycles. The van der Waals surface area contributed by atoms with Crippen molar-refractivity contribution in [2.75, 3.05) is 20.1 Å². The number of nitrogens with zero attached hydrogens (tertiary/aromatic N) is 1. The van der Waals surface area contributed by atoms with Gasteiger partial charge in [0, 0.05) is 18.6 Å². The number of aliphatic imine (C=N–C) groups is 1. The van der Waals surface area contributed by atoms with Crippen molar-refractivity contribution < 1.29 is 8.78 Å². The molecule has 0 radical (unpaired) electrons. The summed E-state index contributed by atoms with van der Waals surface area (Å²) in [7, 11) is 1.56. The number of alkyl halides is 2. The van der Waals surface area contributed by atoms with Gasteiger partial charge in [-0.2, -0.15) is 0 Å². The topological polar surface area (TPSA) is 36.4 Å². The Morgan fingerprint density at radius 1 is 1.33 bits per heavy atom. The molecule has 3 nitrogen and oxygen atoms in total. The SMILES string of the molecule is CN=C(NCC(F)F)NCC(C)(C)Cc1cccc(Cl)c1. The van der Waals surface area contributed by atoms with E-state index in [2.05, 4.69) is 29.5 Å². The first-order valence-corrected chi connectivity index (χ1v) is 7.17. The lowest BCUT2D eigenvalue weighted by Gasteiger charge is -2.26. The van der Waals surface area contributed by atoms with Crippen LogP contribution >= 0.6 is 11.6 Å². The van der Waals surface area contributed by atoms with Crippen LogP contribution in [0.3, 0.4) is 0 Å². The number of rotatable bonds is 6. The maximum atomic E-state index is 12.2. The van der Waals surface area contributed by atoms with Crippen molar-refractivity contribution in [3.63, 3.8) is 0 Å². The highest BCUT2D eigenvalue weighted by Gasteiger charge is 2.19. The highest BCUT2D eigenvalue weighted by molar-refractivity contribution is 6.30. The van der Waals surface area contributed by atoms with Crippen molar-refractivity contribution in [2.24, 2.45) is 10.4 Å². The Balaban J connectivity index is 2.51. The van der Waals surface area contributed by atoms with Crippen LogP contribution in [0, 0.1) is 5.41 Å². The van der Waals surface area contributed by atoms with Crippen molar-refractivity contribution in [3.8, 4) is 0 Å². The van der Waals surface area contributed by atoms with Crippen LogP contribution in [0.1, 0.15) is 19.4 Å². The molecule has 0 amide bonds. The Morgan fingerprint density at radius 2 is 2.05 bits per heavy atom. The molecule has 21 heavy (non-hydrogen) atoms. The van der Waals surface area contributed by atoms with E-state index in [0.29, 0.717) is 17.5 Å². The molecule has 0 unspecified atom stereocenters. The summed E-state index contributed by atoms with van der Waals surface area (Å²) in [5.41, 5.74) is 1.08. The molecule has 1 aromatic rings. The monoisotopic (exact) mass is 317 g/mol. The molecule has 0 saturated carbocycles. The third kappa shape index (κ3) is 7.27. The first-order chi connectivity index (χ1) is 9.82. The molecule has 0 heterocycles. The second-order valence-electron chi connectivity index (χ2n) is 5.67. The smallest absolute Gasteiger partial charge is 0.255 e. The van der Waals surface area contributed by atoms with E-state index in [1.54, 1.807) is 7.05 Å². The van der Waals surface area contributed by atoms with Crippen molar-refractivity contribution in [2.45, 2.75) is 26.7 Å². The van der Waals surface area contributed by atoms with Crippen LogP contribution in [0.15, 0.2) is 29.3 Å². The molecular formula is C15H22ClF2N3. The van der Waals surface area contributed by atoms with E-state index >= 15 is 0 Å². The molecule has 0 atom stereocenters. The zero-order chi connectivity index (χ0) is 15.9. The molecular weight excluding hydrogens is 296 g/mol. The van der Waals surface area contributed by atoms with Gasteiger partial charge in [0.15, 0.2) is 5.96 Å². The third-order valence-electron chi connectivity index (χ3n) is 2.95. The molecule has 0 spiro atoms. The first kappa shape index (κ1) is 17.7. The highest BCUT2D eigenvalue weighted by atomic mass is 35.5. The highest BCUT2D eigenvalue weighted by Crippen LogP contribution is 2.22. The number of hydrogen-bond donors (Lipinski definition) is 2. The van der Waals surface area contributed by atoms with Crippen LogP contribution in [0.2, 0.25) is 5.02 Å². The summed E-state index contributed by atoms with van der Waals surface area (Å²) >= 11 is 5.98. The van der Waals surface area contributed by atoms with Gasteiger partial charge < -0.3 is 10.6 Å². The van der Waals surface area contributed by atoms with E-state index in [0.717, 1.165) is 12.0 Å². The summed E-state index contributed by atoms with van der Waals surface area (Å²) < 4.78 is 24.3. The summed E-state index contributed by atoms with van der Waals surface area (Å²) in [6, 6.07) is 7.72. The normalized spacial score (nSPS) is 12.6. The van der Waals surface area contributed by atoms with Gasteiger partial charge in [0.2, 0.25) is 0 Å². The maximum absolute atomic E-state index is 12.2. The zero-order valence-corrected chi connectivity index (χ0v) is 13.3. The van der Waals surface area contributed by atoms with Crippen LogP contribution in [-0.2, 0) is 6.42 Å². The van der Waals surface area contributed by atoms with E-state index in [9.17, 15) is 8.78 Å². The molecule has 0 saturated heterocycles. The quantitative estimate of drug-likeness (QED) is 0.623. The average Bonchev–Trinajstić information content (AvgIpc) is 2.38. The van der Waals surface area contributed by atoms with E-state index < -0.39 is 13.0 Å². The third-order valence-corrected chi connectivity index (χ3v) is 3.19. The fraction of sp³-hybridized carbons (Fsp3) is 0.533. The summed E-state index contributed by atoms with van der Waals surface area (Å²) in [6.45, 7) is 4.40. The van der Waals surface area contributed by atoms with Crippen molar-refractivity contribution >= 4 is 17.6 Å². The van der Waals surface area contributed by atoms with Crippen molar-refractivity contribution in [3.05, 3.63) is 34.9 Å². The van der Waals surface area contributed by atoms with Gasteiger partial charge in [0.25, 0.3) is 6.43 Å². The first-order valence-electron chi connectivity index (χ1n) is 6.79.